The highest BCUT2D eigenvalue weighted by Crippen LogP contribution is 2.62. The Balaban J connectivity index is 1.73. The minimum atomic E-state index is -3.41. The predicted octanol–water partition coefficient (Wildman–Crippen LogP) is 2.34. The van der Waals surface area contributed by atoms with Gasteiger partial charge in [-0.05, 0) is 25.7 Å². The summed E-state index contributed by atoms with van der Waals surface area (Å²) in [6, 6.07) is 0. The molecule has 154 valence electrons. The van der Waals surface area contributed by atoms with Gasteiger partial charge in [0, 0.05) is 0 Å². The lowest BCUT2D eigenvalue weighted by molar-refractivity contribution is -0.204. The average Bonchev–Trinajstić information content (AvgIpc) is 3.15. The quantitative estimate of drug-likeness (QED) is 0.719. The highest BCUT2D eigenvalue weighted by molar-refractivity contribution is 8.07. The first kappa shape index (κ1) is 19.9. The van der Waals surface area contributed by atoms with Crippen LogP contribution in [0.15, 0.2) is 12.7 Å². The lowest BCUT2D eigenvalue weighted by atomic mass is 9.97. The minimum Gasteiger partial charge on any atom is -0.382 e. The maximum atomic E-state index is 15.4. The van der Waals surface area contributed by atoms with Gasteiger partial charge in [0.2, 0.25) is 0 Å². The van der Waals surface area contributed by atoms with Crippen LogP contribution in [0.1, 0.15) is 20.1 Å². The van der Waals surface area contributed by atoms with Crippen molar-refractivity contribution in [2.24, 2.45) is 0 Å². The van der Waals surface area contributed by atoms with Gasteiger partial charge in [0.25, 0.3) is 6.43 Å². The maximum absolute atomic E-state index is 15.4. The Morgan fingerprint density at radius 2 is 2.14 bits per heavy atom. The van der Waals surface area contributed by atoms with Gasteiger partial charge in [-0.1, -0.05) is 0 Å². The lowest BCUT2D eigenvalue weighted by Gasteiger charge is -2.41. The molecule has 2 aromatic heterocycles. The molecule has 0 bridgehead atoms. The van der Waals surface area contributed by atoms with E-state index in [-0.39, 0.29) is 17.0 Å². The molecular formula is C14H17F3N5O4PS. The second-order valence-corrected chi connectivity index (χ2v) is 9.61. The van der Waals surface area contributed by atoms with Crippen molar-refractivity contribution in [3.8, 4) is 0 Å². The third kappa shape index (κ3) is 3.01. The number of hydrogen-bond donors (Lipinski definition) is 1. The second kappa shape index (κ2) is 6.85. The Hall–Kier alpha value is -1.37. The third-order valence-corrected chi connectivity index (χ3v) is 6.89. The molecule has 1 unspecified atom stereocenters. The van der Waals surface area contributed by atoms with Crippen LogP contribution in [0.5, 0.6) is 0 Å². The second-order valence-electron chi connectivity index (χ2n) is 6.69. The fourth-order valence-corrected chi connectivity index (χ4v) is 5.78. The Morgan fingerprint density at radius 1 is 1.39 bits per heavy atom. The SMILES string of the molecule is CC(C)OP1(=S)OC[C@@]2(C(F)F)O[C@@H](n3cnc4c(N)ncnc43)[C@H](F)[C@@H]2O1. The summed E-state index contributed by atoms with van der Waals surface area (Å²) >= 11 is 5.20. The summed E-state index contributed by atoms with van der Waals surface area (Å²) < 4.78 is 66.1. The van der Waals surface area contributed by atoms with Crippen molar-refractivity contribution in [1.29, 1.82) is 0 Å². The number of rotatable bonds is 4. The molecule has 0 saturated carbocycles. The summed E-state index contributed by atoms with van der Waals surface area (Å²) in [6.07, 6.45) is -6.33. The molecule has 0 amide bonds. The van der Waals surface area contributed by atoms with Crippen molar-refractivity contribution in [2.75, 3.05) is 12.3 Å². The summed E-state index contributed by atoms with van der Waals surface area (Å²) in [6.45, 7) is -0.718. The molecule has 0 aliphatic carbocycles. The number of fused-ring (bicyclic) bond motifs is 2. The van der Waals surface area contributed by atoms with Crippen molar-refractivity contribution >= 4 is 35.5 Å². The number of anilines is 1. The van der Waals surface area contributed by atoms with Crippen LogP contribution < -0.4 is 5.73 Å². The molecule has 0 spiro atoms. The maximum Gasteiger partial charge on any atom is 0.328 e. The van der Waals surface area contributed by atoms with Crippen LogP contribution in [-0.2, 0) is 30.1 Å². The molecule has 4 rings (SSSR count). The molecule has 0 radical (unpaired) electrons. The monoisotopic (exact) mass is 439 g/mol. The van der Waals surface area contributed by atoms with E-state index in [4.69, 9.17) is 35.8 Å². The Bertz CT molecular complexity index is 949. The summed E-state index contributed by atoms with van der Waals surface area (Å²) in [7, 11) is 0. The van der Waals surface area contributed by atoms with Crippen LogP contribution in [0.3, 0.4) is 0 Å². The molecule has 2 aliphatic rings. The van der Waals surface area contributed by atoms with E-state index in [1.807, 2.05) is 0 Å². The van der Waals surface area contributed by atoms with Gasteiger partial charge < -0.3 is 19.5 Å². The predicted molar refractivity (Wildman–Crippen MR) is 94.8 cm³/mol. The molecule has 4 heterocycles. The van der Waals surface area contributed by atoms with Crippen molar-refractivity contribution in [3.05, 3.63) is 12.7 Å². The number of hydrogen-bond acceptors (Lipinski definition) is 9. The number of nitrogen functional groups attached to an aromatic ring is 1. The Labute approximate surface area is 162 Å². The van der Waals surface area contributed by atoms with Crippen molar-refractivity contribution in [1.82, 2.24) is 19.5 Å². The zero-order valence-electron chi connectivity index (χ0n) is 14.7. The van der Waals surface area contributed by atoms with E-state index in [1.54, 1.807) is 13.8 Å². The summed E-state index contributed by atoms with van der Waals surface area (Å²) in [4.78, 5) is 11.8. The normalized spacial score (nSPS) is 35.8. The van der Waals surface area contributed by atoms with Crippen LogP contribution in [-0.4, -0.2) is 56.5 Å². The van der Waals surface area contributed by atoms with E-state index in [9.17, 15) is 8.78 Å². The summed E-state index contributed by atoms with van der Waals surface area (Å²) in [5.41, 5.74) is 3.72. The highest BCUT2D eigenvalue weighted by atomic mass is 32.5. The van der Waals surface area contributed by atoms with Gasteiger partial charge in [0.05, 0.1) is 19.0 Å². The van der Waals surface area contributed by atoms with Gasteiger partial charge in [-0.3, -0.25) is 9.09 Å². The van der Waals surface area contributed by atoms with Crippen LogP contribution in [0, 0.1) is 0 Å². The number of imidazole rings is 1. The molecule has 2 aliphatic heterocycles. The highest BCUT2D eigenvalue weighted by Gasteiger charge is 2.67. The van der Waals surface area contributed by atoms with Gasteiger partial charge in [0.15, 0.2) is 29.5 Å². The molecule has 14 heteroatoms. The number of ether oxygens (including phenoxy) is 1. The van der Waals surface area contributed by atoms with Crippen LogP contribution in [0.2, 0.25) is 0 Å². The van der Waals surface area contributed by atoms with E-state index < -0.39 is 50.0 Å². The van der Waals surface area contributed by atoms with Crippen molar-refractivity contribution < 1.29 is 31.5 Å². The zero-order chi connectivity index (χ0) is 20.3. The van der Waals surface area contributed by atoms with Crippen LogP contribution in [0.25, 0.3) is 11.2 Å². The largest absolute Gasteiger partial charge is 0.382 e. The van der Waals surface area contributed by atoms with Gasteiger partial charge in [-0.2, -0.15) is 0 Å². The van der Waals surface area contributed by atoms with E-state index in [0.717, 1.165) is 6.33 Å². The molecule has 2 fully saturated rings. The first-order valence-electron chi connectivity index (χ1n) is 8.31. The lowest BCUT2D eigenvalue weighted by Crippen LogP contribution is -2.55. The van der Waals surface area contributed by atoms with E-state index in [2.05, 4.69) is 15.0 Å². The first-order valence-corrected chi connectivity index (χ1v) is 10.9. The summed E-state index contributed by atoms with van der Waals surface area (Å²) in [5.74, 6) is 0.0681. The third-order valence-electron chi connectivity index (χ3n) is 4.44. The van der Waals surface area contributed by atoms with E-state index in [1.165, 1.54) is 10.9 Å². The van der Waals surface area contributed by atoms with E-state index >= 15 is 4.39 Å². The fourth-order valence-electron chi connectivity index (χ4n) is 3.21. The topological polar surface area (TPSA) is 107 Å². The fraction of sp³-hybridized carbons (Fsp3) is 0.643. The molecule has 2 aromatic rings. The average molecular weight is 439 g/mol. The smallest absolute Gasteiger partial charge is 0.328 e. The molecule has 28 heavy (non-hydrogen) atoms. The van der Waals surface area contributed by atoms with Gasteiger partial charge in [-0.15, -0.1) is 0 Å². The van der Waals surface area contributed by atoms with Crippen LogP contribution in [0.4, 0.5) is 19.0 Å². The molecule has 9 nitrogen and oxygen atoms in total. The molecule has 2 N–H and O–H groups in total. The van der Waals surface area contributed by atoms with E-state index in [0.29, 0.717) is 0 Å². The zero-order valence-corrected chi connectivity index (χ0v) is 16.4. The number of aromatic nitrogens is 4. The van der Waals surface area contributed by atoms with Crippen molar-refractivity contribution in [2.45, 2.75) is 50.5 Å². The number of nitrogens with two attached hydrogens (primary N) is 1. The van der Waals surface area contributed by atoms with Crippen LogP contribution >= 0.6 is 6.72 Å². The number of alkyl halides is 3. The van der Waals surface area contributed by atoms with Gasteiger partial charge >= 0.3 is 6.72 Å². The molecule has 2 saturated heterocycles. The first-order chi connectivity index (χ1) is 13.2. The number of halogens is 3. The summed E-state index contributed by atoms with van der Waals surface area (Å²) in [5, 5.41) is 0. The Kier molecular flexibility index (Phi) is 4.88. The van der Waals surface area contributed by atoms with Gasteiger partial charge in [-0.25, -0.2) is 28.1 Å². The standard InChI is InChI=1S/C14H17F3N5O4PS/c1-6(2)25-27(28)23-3-14(13(16)17)9(26-27)7(15)12(24-14)22-5-21-8-10(18)19-4-20-11(8)22/h4-7,9,12-13H,3H2,1-2H3,(H2,18,19,20)/t7-,9+,12-,14-,27?/m1/s1. The number of nitrogens with zero attached hydrogens (tertiary/aromatic N) is 4. The molecule has 0 aromatic carbocycles. The van der Waals surface area contributed by atoms with Crippen molar-refractivity contribution in [3.63, 3.8) is 0 Å². The molecule has 5 atom stereocenters. The molecular weight excluding hydrogens is 422 g/mol. The van der Waals surface area contributed by atoms with Gasteiger partial charge in [0.1, 0.15) is 17.9 Å². The Morgan fingerprint density at radius 3 is 2.82 bits per heavy atom. The minimum absolute atomic E-state index is 0.0681.